The van der Waals surface area contributed by atoms with Gasteiger partial charge in [0.2, 0.25) is 11.7 Å². The van der Waals surface area contributed by atoms with Crippen molar-refractivity contribution < 1.29 is 18.8 Å². The number of carbonyl (C=O) groups is 1. The average molecular weight is 444 g/mol. The Morgan fingerprint density at radius 2 is 1.73 bits per heavy atom. The van der Waals surface area contributed by atoms with Crippen LogP contribution in [-0.2, 0) is 19.4 Å². The van der Waals surface area contributed by atoms with Crippen molar-refractivity contribution in [1.29, 1.82) is 0 Å². The van der Waals surface area contributed by atoms with Crippen molar-refractivity contribution in [1.82, 2.24) is 15.5 Å². The van der Waals surface area contributed by atoms with Crippen molar-refractivity contribution >= 4 is 5.91 Å². The van der Waals surface area contributed by atoms with Gasteiger partial charge in [0.15, 0.2) is 0 Å². The molecule has 0 spiro atoms. The van der Waals surface area contributed by atoms with Crippen LogP contribution in [0.4, 0.5) is 0 Å². The van der Waals surface area contributed by atoms with Crippen molar-refractivity contribution in [3.63, 3.8) is 0 Å². The van der Waals surface area contributed by atoms with Gasteiger partial charge in [-0.15, -0.1) is 0 Å². The van der Waals surface area contributed by atoms with Crippen LogP contribution in [0.5, 0.6) is 11.5 Å². The molecule has 0 fully saturated rings. The fourth-order valence-corrected chi connectivity index (χ4v) is 3.55. The van der Waals surface area contributed by atoms with E-state index in [-0.39, 0.29) is 12.5 Å². The lowest BCUT2D eigenvalue weighted by Crippen LogP contribution is -2.24. The number of methoxy groups -OCH3 is 2. The largest absolute Gasteiger partial charge is 0.497 e. The van der Waals surface area contributed by atoms with Gasteiger partial charge in [-0.2, -0.15) is 4.98 Å². The molecule has 3 aromatic carbocycles. The van der Waals surface area contributed by atoms with Gasteiger partial charge in [0.25, 0.3) is 5.91 Å². The van der Waals surface area contributed by atoms with Gasteiger partial charge in [0.05, 0.1) is 26.3 Å². The van der Waals surface area contributed by atoms with Gasteiger partial charge in [-0.05, 0) is 42.2 Å². The van der Waals surface area contributed by atoms with E-state index in [4.69, 9.17) is 14.0 Å². The first kappa shape index (κ1) is 22.1. The lowest BCUT2D eigenvalue weighted by molar-refractivity contribution is 0.0945. The molecule has 1 heterocycles. The van der Waals surface area contributed by atoms with E-state index in [0.717, 1.165) is 18.4 Å². The summed E-state index contributed by atoms with van der Waals surface area (Å²) in [7, 11) is 3.15. The summed E-state index contributed by atoms with van der Waals surface area (Å²) in [5.74, 6) is 1.73. The molecule has 0 saturated carbocycles. The normalized spacial score (nSPS) is 10.6. The minimum absolute atomic E-state index is 0.122. The van der Waals surface area contributed by atoms with Crippen LogP contribution in [-0.4, -0.2) is 30.3 Å². The summed E-state index contributed by atoms with van der Waals surface area (Å²) >= 11 is 0. The van der Waals surface area contributed by atoms with Crippen LogP contribution < -0.4 is 14.8 Å². The fourth-order valence-electron chi connectivity index (χ4n) is 3.55. The molecule has 0 unspecified atom stereocenters. The molecule has 0 aliphatic carbocycles. The van der Waals surface area contributed by atoms with E-state index in [1.807, 2.05) is 42.5 Å². The molecule has 0 saturated heterocycles. The van der Waals surface area contributed by atoms with E-state index in [2.05, 4.69) is 27.6 Å². The summed E-state index contributed by atoms with van der Waals surface area (Å²) in [6.07, 6.45) is 1.64. The molecule has 1 amide bonds. The molecule has 0 aliphatic heterocycles. The number of benzene rings is 3. The number of amides is 1. The summed E-state index contributed by atoms with van der Waals surface area (Å²) < 4.78 is 16.0. The zero-order valence-electron chi connectivity index (χ0n) is 18.6. The highest BCUT2D eigenvalue weighted by atomic mass is 16.5. The summed E-state index contributed by atoms with van der Waals surface area (Å²) in [6, 6.07) is 23.2. The highest BCUT2D eigenvalue weighted by Crippen LogP contribution is 2.31. The third-order valence-electron chi connectivity index (χ3n) is 5.31. The molecule has 0 bridgehead atoms. The number of rotatable bonds is 9. The third kappa shape index (κ3) is 5.38. The second-order valence-electron chi connectivity index (χ2n) is 7.40. The summed E-state index contributed by atoms with van der Waals surface area (Å²) in [4.78, 5) is 17.3. The number of hydrogen-bond donors (Lipinski definition) is 1. The van der Waals surface area contributed by atoms with Crippen LogP contribution in [0.2, 0.25) is 0 Å². The molecule has 1 N–H and O–H groups in total. The Morgan fingerprint density at radius 1 is 0.939 bits per heavy atom. The molecular weight excluding hydrogens is 418 g/mol. The molecule has 4 aromatic rings. The van der Waals surface area contributed by atoms with Crippen molar-refractivity contribution in [3.8, 4) is 22.9 Å². The lowest BCUT2D eigenvalue weighted by atomic mass is 9.99. The number of nitrogens with one attached hydrogen (secondary N) is 1. The maximum atomic E-state index is 12.9. The van der Waals surface area contributed by atoms with Crippen molar-refractivity contribution in [2.75, 3.05) is 14.2 Å². The molecule has 0 aliphatic rings. The molecule has 7 nitrogen and oxygen atoms in total. The van der Waals surface area contributed by atoms with Crippen LogP contribution in [0.3, 0.4) is 0 Å². The Hall–Kier alpha value is -4.13. The zero-order valence-corrected chi connectivity index (χ0v) is 18.6. The standard InChI is InChI=1S/C26H25N3O4/c1-31-20-14-15-22(23(16-20)32-2)25-28-24(33-29-25)17-27-26(30)21-11-7-6-10-19(21)13-12-18-8-4-3-5-9-18/h3-11,14-16H,12-13,17H2,1-2H3,(H,27,30). The van der Waals surface area contributed by atoms with Gasteiger partial charge >= 0.3 is 0 Å². The summed E-state index contributed by atoms with van der Waals surface area (Å²) in [5, 5.41) is 6.90. The van der Waals surface area contributed by atoms with E-state index >= 15 is 0 Å². The number of aromatic nitrogens is 2. The Balaban J connectivity index is 1.42. The van der Waals surface area contributed by atoms with Gasteiger partial charge < -0.3 is 19.3 Å². The molecule has 0 atom stereocenters. The van der Waals surface area contributed by atoms with Crippen LogP contribution >= 0.6 is 0 Å². The Morgan fingerprint density at radius 3 is 2.52 bits per heavy atom. The van der Waals surface area contributed by atoms with Gasteiger partial charge in [0.1, 0.15) is 11.5 Å². The zero-order chi connectivity index (χ0) is 23.0. The monoisotopic (exact) mass is 443 g/mol. The van der Waals surface area contributed by atoms with E-state index in [0.29, 0.717) is 34.3 Å². The SMILES string of the molecule is COc1ccc(-c2noc(CNC(=O)c3ccccc3CCc3ccccc3)n2)c(OC)c1. The lowest BCUT2D eigenvalue weighted by Gasteiger charge is -2.09. The number of nitrogens with zero attached hydrogens (tertiary/aromatic N) is 2. The predicted octanol–water partition coefficient (Wildman–Crippen LogP) is 4.47. The summed E-state index contributed by atoms with van der Waals surface area (Å²) in [5.41, 5.74) is 3.55. The highest BCUT2D eigenvalue weighted by molar-refractivity contribution is 5.95. The molecule has 33 heavy (non-hydrogen) atoms. The minimum atomic E-state index is -0.180. The van der Waals surface area contributed by atoms with Gasteiger partial charge in [-0.25, -0.2) is 0 Å². The Bertz CT molecular complexity index is 1220. The first-order chi connectivity index (χ1) is 16.2. The number of aryl methyl sites for hydroxylation is 2. The topological polar surface area (TPSA) is 86.5 Å². The van der Waals surface area contributed by atoms with Crippen LogP contribution in [0.1, 0.15) is 27.4 Å². The molecule has 1 aromatic heterocycles. The first-order valence-corrected chi connectivity index (χ1v) is 10.6. The van der Waals surface area contributed by atoms with E-state index in [9.17, 15) is 4.79 Å². The Labute approximate surface area is 192 Å². The number of hydrogen-bond acceptors (Lipinski definition) is 6. The van der Waals surface area contributed by atoms with Crippen molar-refractivity contribution in [2.45, 2.75) is 19.4 Å². The minimum Gasteiger partial charge on any atom is -0.497 e. The number of ether oxygens (including phenoxy) is 2. The molecule has 168 valence electrons. The van der Waals surface area contributed by atoms with E-state index in [1.54, 1.807) is 32.4 Å². The van der Waals surface area contributed by atoms with Crippen LogP contribution in [0, 0.1) is 0 Å². The van der Waals surface area contributed by atoms with Gasteiger partial charge in [0, 0.05) is 11.6 Å². The average Bonchev–Trinajstić information content (AvgIpc) is 3.35. The van der Waals surface area contributed by atoms with Crippen molar-refractivity contribution in [3.05, 3.63) is 95.4 Å². The molecule has 7 heteroatoms. The highest BCUT2D eigenvalue weighted by Gasteiger charge is 2.16. The summed E-state index contributed by atoms with van der Waals surface area (Å²) in [6.45, 7) is 0.122. The quantitative estimate of drug-likeness (QED) is 0.411. The second kappa shape index (κ2) is 10.5. The maximum Gasteiger partial charge on any atom is 0.251 e. The molecular formula is C26H25N3O4. The Kier molecular flexibility index (Phi) is 6.99. The smallest absolute Gasteiger partial charge is 0.251 e. The van der Waals surface area contributed by atoms with Crippen LogP contribution in [0.15, 0.2) is 77.3 Å². The molecule has 0 radical (unpaired) electrons. The van der Waals surface area contributed by atoms with Crippen LogP contribution in [0.25, 0.3) is 11.4 Å². The van der Waals surface area contributed by atoms with Gasteiger partial charge in [-0.3, -0.25) is 4.79 Å². The van der Waals surface area contributed by atoms with E-state index < -0.39 is 0 Å². The predicted molar refractivity (Wildman–Crippen MR) is 124 cm³/mol. The number of carbonyl (C=O) groups excluding carboxylic acids is 1. The van der Waals surface area contributed by atoms with Gasteiger partial charge in [-0.1, -0.05) is 53.7 Å². The maximum absolute atomic E-state index is 12.9. The van der Waals surface area contributed by atoms with Crippen molar-refractivity contribution in [2.24, 2.45) is 0 Å². The first-order valence-electron chi connectivity index (χ1n) is 10.6. The fraction of sp³-hybridized carbons (Fsp3) is 0.192. The van der Waals surface area contributed by atoms with E-state index in [1.165, 1.54) is 5.56 Å². The molecule has 4 rings (SSSR count). The second-order valence-corrected chi connectivity index (χ2v) is 7.40. The third-order valence-corrected chi connectivity index (χ3v) is 5.31.